The van der Waals surface area contributed by atoms with E-state index in [2.05, 4.69) is 24.1 Å². The summed E-state index contributed by atoms with van der Waals surface area (Å²) in [5, 5.41) is 3.90. The summed E-state index contributed by atoms with van der Waals surface area (Å²) in [5.41, 5.74) is 0.929. The Morgan fingerprint density at radius 3 is 2.69 bits per heavy atom. The average Bonchev–Trinajstić information content (AvgIpc) is 2.17. The number of anilines is 1. The number of aromatic nitrogens is 1. The Morgan fingerprint density at radius 2 is 2.15 bits per heavy atom. The third-order valence-corrected chi connectivity index (χ3v) is 2.41. The molecule has 0 aliphatic rings. The van der Waals surface area contributed by atoms with Gasteiger partial charge >= 0.3 is 0 Å². The summed E-state index contributed by atoms with van der Waals surface area (Å²) < 4.78 is 0. The first kappa shape index (κ1) is 10.3. The molecule has 1 aromatic heterocycles. The van der Waals surface area contributed by atoms with E-state index in [4.69, 9.17) is 11.6 Å². The second-order valence-corrected chi connectivity index (χ2v) is 3.36. The van der Waals surface area contributed by atoms with Crippen LogP contribution in [0.25, 0.3) is 0 Å². The molecule has 0 fully saturated rings. The first-order valence-corrected chi connectivity index (χ1v) is 5.02. The SMILES string of the molecule is CCC(CC)Nc1cccnc1Cl. The van der Waals surface area contributed by atoms with E-state index in [1.807, 2.05) is 12.1 Å². The van der Waals surface area contributed by atoms with Crippen molar-refractivity contribution in [1.29, 1.82) is 0 Å². The van der Waals surface area contributed by atoms with Crippen molar-refractivity contribution in [2.45, 2.75) is 32.7 Å². The first-order valence-electron chi connectivity index (χ1n) is 4.65. The summed E-state index contributed by atoms with van der Waals surface area (Å²) in [6, 6.07) is 4.33. The van der Waals surface area contributed by atoms with Crippen LogP contribution in [-0.2, 0) is 0 Å². The second kappa shape index (κ2) is 5.07. The molecule has 0 atom stereocenters. The van der Waals surface area contributed by atoms with Crippen LogP contribution in [0.1, 0.15) is 26.7 Å². The van der Waals surface area contributed by atoms with Crippen molar-refractivity contribution in [3.05, 3.63) is 23.5 Å². The van der Waals surface area contributed by atoms with E-state index in [0.717, 1.165) is 18.5 Å². The van der Waals surface area contributed by atoms with Crippen molar-refractivity contribution in [2.75, 3.05) is 5.32 Å². The van der Waals surface area contributed by atoms with Crippen LogP contribution in [0, 0.1) is 0 Å². The Hall–Kier alpha value is -0.760. The molecule has 2 nitrogen and oxygen atoms in total. The van der Waals surface area contributed by atoms with Crippen LogP contribution in [0.15, 0.2) is 18.3 Å². The third-order valence-electron chi connectivity index (χ3n) is 2.10. The molecular formula is C10H15ClN2. The van der Waals surface area contributed by atoms with Gasteiger partial charge in [-0.3, -0.25) is 0 Å². The molecule has 3 heteroatoms. The van der Waals surface area contributed by atoms with Gasteiger partial charge in [0.05, 0.1) is 5.69 Å². The molecule has 1 aromatic rings. The number of halogens is 1. The normalized spacial score (nSPS) is 10.5. The van der Waals surface area contributed by atoms with Gasteiger partial charge in [0.1, 0.15) is 0 Å². The van der Waals surface area contributed by atoms with E-state index in [0.29, 0.717) is 11.2 Å². The fourth-order valence-electron chi connectivity index (χ4n) is 1.21. The molecule has 0 bridgehead atoms. The molecule has 0 aliphatic heterocycles. The van der Waals surface area contributed by atoms with E-state index in [1.54, 1.807) is 6.20 Å². The predicted octanol–water partition coefficient (Wildman–Crippen LogP) is 3.34. The van der Waals surface area contributed by atoms with Gasteiger partial charge in [0.25, 0.3) is 0 Å². The molecule has 0 spiro atoms. The zero-order chi connectivity index (χ0) is 9.68. The highest BCUT2D eigenvalue weighted by Crippen LogP contribution is 2.19. The lowest BCUT2D eigenvalue weighted by atomic mass is 10.1. The molecule has 1 rings (SSSR count). The summed E-state index contributed by atoms with van der Waals surface area (Å²) in [4.78, 5) is 4.00. The zero-order valence-corrected chi connectivity index (χ0v) is 8.80. The van der Waals surface area contributed by atoms with Crippen LogP contribution in [0.2, 0.25) is 5.15 Å². The highest BCUT2D eigenvalue weighted by Gasteiger charge is 2.05. The van der Waals surface area contributed by atoms with Gasteiger partial charge in [-0.1, -0.05) is 25.4 Å². The fraction of sp³-hybridized carbons (Fsp3) is 0.500. The van der Waals surface area contributed by atoms with Crippen molar-refractivity contribution in [2.24, 2.45) is 0 Å². The number of nitrogens with zero attached hydrogens (tertiary/aromatic N) is 1. The van der Waals surface area contributed by atoms with Crippen LogP contribution in [0.4, 0.5) is 5.69 Å². The van der Waals surface area contributed by atoms with Crippen LogP contribution in [-0.4, -0.2) is 11.0 Å². The number of nitrogens with one attached hydrogen (secondary N) is 1. The smallest absolute Gasteiger partial charge is 0.152 e. The maximum atomic E-state index is 5.91. The van der Waals surface area contributed by atoms with E-state index in [1.165, 1.54) is 0 Å². The maximum absolute atomic E-state index is 5.91. The quantitative estimate of drug-likeness (QED) is 0.751. The number of pyridine rings is 1. The van der Waals surface area contributed by atoms with Gasteiger partial charge < -0.3 is 5.32 Å². The summed E-state index contributed by atoms with van der Waals surface area (Å²) >= 11 is 5.91. The molecular weight excluding hydrogens is 184 g/mol. The van der Waals surface area contributed by atoms with E-state index < -0.39 is 0 Å². The van der Waals surface area contributed by atoms with Crippen molar-refractivity contribution in [3.63, 3.8) is 0 Å². The molecule has 0 aliphatic carbocycles. The molecule has 72 valence electrons. The Morgan fingerprint density at radius 1 is 1.46 bits per heavy atom. The summed E-state index contributed by atoms with van der Waals surface area (Å²) in [6.45, 7) is 4.32. The van der Waals surface area contributed by atoms with Crippen molar-refractivity contribution in [3.8, 4) is 0 Å². The lowest BCUT2D eigenvalue weighted by Gasteiger charge is -2.16. The van der Waals surface area contributed by atoms with Gasteiger partial charge in [0.15, 0.2) is 5.15 Å². The minimum atomic E-state index is 0.488. The van der Waals surface area contributed by atoms with Crippen molar-refractivity contribution >= 4 is 17.3 Å². The van der Waals surface area contributed by atoms with Crippen molar-refractivity contribution < 1.29 is 0 Å². The standard InChI is InChI=1S/C10H15ClN2/c1-3-8(4-2)13-9-6-5-7-12-10(9)11/h5-8,13H,3-4H2,1-2H3. The Bertz CT molecular complexity index is 259. The lowest BCUT2D eigenvalue weighted by molar-refractivity contribution is 0.671. The molecule has 1 N–H and O–H groups in total. The van der Waals surface area contributed by atoms with Gasteiger partial charge in [0, 0.05) is 12.2 Å². The van der Waals surface area contributed by atoms with Gasteiger partial charge in [-0.25, -0.2) is 4.98 Å². The van der Waals surface area contributed by atoms with E-state index in [-0.39, 0.29) is 0 Å². The second-order valence-electron chi connectivity index (χ2n) is 3.00. The molecule has 0 aromatic carbocycles. The summed E-state index contributed by atoms with van der Waals surface area (Å²) in [7, 11) is 0. The number of rotatable bonds is 4. The van der Waals surface area contributed by atoms with Gasteiger partial charge in [-0.15, -0.1) is 0 Å². The van der Waals surface area contributed by atoms with E-state index in [9.17, 15) is 0 Å². The minimum Gasteiger partial charge on any atom is -0.380 e. The topological polar surface area (TPSA) is 24.9 Å². The highest BCUT2D eigenvalue weighted by molar-refractivity contribution is 6.31. The monoisotopic (exact) mass is 198 g/mol. The highest BCUT2D eigenvalue weighted by atomic mass is 35.5. The first-order chi connectivity index (χ1) is 6.27. The fourth-order valence-corrected chi connectivity index (χ4v) is 1.38. The van der Waals surface area contributed by atoms with Crippen LogP contribution in [0.3, 0.4) is 0 Å². The molecule has 0 radical (unpaired) electrons. The molecule has 0 saturated heterocycles. The van der Waals surface area contributed by atoms with Crippen LogP contribution >= 0.6 is 11.6 Å². The van der Waals surface area contributed by atoms with Gasteiger partial charge in [0.2, 0.25) is 0 Å². The minimum absolute atomic E-state index is 0.488. The van der Waals surface area contributed by atoms with Crippen LogP contribution < -0.4 is 5.32 Å². The predicted molar refractivity (Wildman–Crippen MR) is 57.2 cm³/mol. The maximum Gasteiger partial charge on any atom is 0.152 e. The van der Waals surface area contributed by atoms with Crippen molar-refractivity contribution in [1.82, 2.24) is 4.98 Å². The van der Waals surface area contributed by atoms with E-state index >= 15 is 0 Å². The summed E-state index contributed by atoms with van der Waals surface area (Å²) in [5.74, 6) is 0. The Balaban J connectivity index is 2.67. The summed E-state index contributed by atoms with van der Waals surface area (Å²) in [6.07, 6.45) is 3.89. The van der Waals surface area contributed by atoms with Crippen LogP contribution in [0.5, 0.6) is 0 Å². The number of hydrogen-bond donors (Lipinski definition) is 1. The average molecular weight is 199 g/mol. The third kappa shape index (κ3) is 2.88. The Kier molecular flexibility index (Phi) is 4.03. The molecule has 0 unspecified atom stereocenters. The number of hydrogen-bond acceptors (Lipinski definition) is 2. The Labute approximate surface area is 84.3 Å². The molecule has 0 saturated carbocycles. The molecule has 1 heterocycles. The molecule has 0 amide bonds. The van der Waals surface area contributed by atoms with Gasteiger partial charge in [-0.05, 0) is 25.0 Å². The lowest BCUT2D eigenvalue weighted by Crippen LogP contribution is -2.17. The largest absolute Gasteiger partial charge is 0.380 e. The molecule has 13 heavy (non-hydrogen) atoms. The van der Waals surface area contributed by atoms with Gasteiger partial charge in [-0.2, -0.15) is 0 Å². The zero-order valence-electron chi connectivity index (χ0n) is 8.05.